The molecule has 152 valence electrons. The summed E-state index contributed by atoms with van der Waals surface area (Å²) in [5.41, 5.74) is 3.04. The molecule has 0 radical (unpaired) electrons. The molecule has 0 spiro atoms. The molecule has 0 bridgehead atoms. The second-order valence-corrected chi connectivity index (χ2v) is 10.2. The van der Waals surface area contributed by atoms with E-state index in [9.17, 15) is 9.32 Å². The van der Waals surface area contributed by atoms with Crippen LogP contribution in [0.3, 0.4) is 0 Å². The molecule has 1 aromatic heterocycles. The fourth-order valence-corrected chi connectivity index (χ4v) is 3.66. The highest BCUT2D eigenvalue weighted by molar-refractivity contribution is 8.00. The first-order valence-corrected chi connectivity index (χ1v) is 11.7. The van der Waals surface area contributed by atoms with Crippen molar-refractivity contribution >= 4 is 32.8 Å². The van der Waals surface area contributed by atoms with E-state index >= 15 is 0 Å². The van der Waals surface area contributed by atoms with Gasteiger partial charge in [0.1, 0.15) is 11.5 Å². The van der Waals surface area contributed by atoms with Crippen LogP contribution in [-0.4, -0.2) is 34.3 Å². The van der Waals surface area contributed by atoms with Gasteiger partial charge >= 0.3 is 0 Å². The Bertz CT molecular complexity index is 1160. The summed E-state index contributed by atoms with van der Waals surface area (Å²) in [5.74, 6) is 1.41. The van der Waals surface area contributed by atoms with Gasteiger partial charge in [0, 0.05) is 29.6 Å². The van der Waals surface area contributed by atoms with E-state index in [4.69, 9.17) is 21.4 Å². The molecular weight excluding hydrogens is 406 g/mol. The van der Waals surface area contributed by atoms with Crippen molar-refractivity contribution in [3.05, 3.63) is 70.6 Å². The molecule has 0 unspecified atom stereocenters. The number of methoxy groups -OCH3 is 1. The van der Waals surface area contributed by atoms with E-state index in [1.165, 1.54) is 11.4 Å². The monoisotopic (exact) mass is 429 g/mol. The standard InChI is InChI=1S/C22H23NO4S2/c1-26-18-10-6-16(7-11-18)15-4-8-17(9-5-15)23-13-20-22(24)21(28)12-19(27-20)14-29(2,3)25/h4-12,14,23-24H,13H2,1-3H3. The van der Waals surface area contributed by atoms with E-state index < -0.39 is 9.52 Å². The molecule has 0 aliphatic heterocycles. The number of ether oxygens (including phenoxy) is 1. The van der Waals surface area contributed by atoms with Crippen LogP contribution in [-0.2, 0) is 16.1 Å². The van der Waals surface area contributed by atoms with Gasteiger partial charge in [0.15, 0.2) is 11.5 Å². The van der Waals surface area contributed by atoms with Crippen molar-refractivity contribution in [3.63, 3.8) is 0 Å². The second-order valence-electron chi connectivity index (χ2n) is 6.87. The number of hydrogen-bond donors (Lipinski definition) is 2. The Morgan fingerprint density at radius 3 is 2.24 bits per heavy atom. The highest BCUT2D eigenvalue weighted by Crippen LogP contribution is 2.25. The molecule has 0 saturated heterocycles. The van der Waals surface area contributed by atoms with Crippen LogP contribution in [0.1, 0.15) is 11.5 Å². The average molecular weight is 430 g/mol. The molecule has 7 heteroatoms. The summed E-state index contributed by atoms with van der Waals surface area (Å²) in [5, 5.41) is 14.9. The summed E-state index contributed by atoms with van der Waals surface area (Å²) < 4.78 is 23.1. The van der Waals surface area contributed by atoms with E-state index in [0.29, 0.717) is 11.5 Å². The van der Waals surface area contributed by atoms with Crippen molar-refractivity contribution in [3.8, 4) is 22.6 Å². The minimum absolute atomic E-state index is 0.0850. The largest absolute Gasteiger partial charge is 0.503 e. The van der Waals surface area contributed by atoms with Crippen molar-refractivity contribution in [1.82, 2.24) is 0 Å². The Kier molecular flexibility index (Phi) is 6.30. The Morgan fingerprint density at radius 2 is 1.69 bits per heavy atom. The molecule has 3 rings (SSSR count). The maximum atomic E-state index is 12.0. The van der Waals surface area contributed by atoms with Gasteiger partial charge in [-0.25, -0.2) is 0 Å². The summed E-state index contributed by atoms with van der Waals surface area (Å²) in [6.07, 6.45) is 3.22. The zero-order valence-electron chi connectivity index (χ0n) is 16.5. The lowest BCUT2D eigenvalue weighted by Crippen LogP contribution is -2.03. The summed E-state index contributed by atoms with van der Waals surface area (Å²) in [4.78, 5) is 0. The lowest BCUT2D eigenvalue weighted by Gasteiger charge is -2.10. The van der Waals surface area contributed by atoms with E-state index in [2.05, 4.69) is 5.32 Å². The molecule has 0 saturated carbocycles. The zero-order valence-corrected chi connectivity index (χ0v) is 18.1. The van der Waals surface area contributed by atoms with Crippen molar-refractivity contribution < 1.29 is 18.5 Å². The molecule has 0 aliphatic rings. The number of hydrogen-bond acceptors (Lipinski definition) is 6. The summed E-state index contributed by atoms with van der Waals surface area (Å²) in [6.45, 7) is 0.244. The summed E-state index contributed by atoms with van der Waals surface area (Å²) >= 11 is 5.18. The van der Waals surface area contributed by atoms with Crippen molar-refractivity contribution in [2.75, 3.05) is 24.9 Å². The topological polar surface area (TPSA) is 71.7 Å². The molecule has 5 nitrogen and oxygen atoms in total. The number of anilines is 1. The molecule has 3 aromatic rings. The molecule has 0 amide bonds. The predicted octanol–water partition coefficient (Wildman–Crippen LogP) is 4.70. The lowest BCUT2D eigenvalue weighted by atomic mass is 10.1. The van der Waals surface area contributed by atoms with Crippen LogP contribution in [0.15, 0.2) is 59.0 Å². The average Bonchev–Trinajstić information content (AvgIpc) is 2.69. The fraction of sp³-hybridized carbons (Fsp3) is 0.182. The first-order chi connectivity index (χ1) is 13.7. The zero-order chi connectivity index (χ0) is 21.0. The fourth-order valence-electron chi connectivity index (χ4n) is 2.76. The van der Waals surface area contributed by atoms with Crippen LogP contribution >= 0.6 is 12.2 Å². The van der Waals surface area contributed by atoms with E-state index in [1.54, 1.807) is 19.6 Å². The number of benzene rings is 2. The molecule has 29 heavy (non-hydrogen) atoms. The van der Waals surface area contributed by atoms with Crippen LogP contribution in [0.4, 0.5) is 5.69 Å². The smallest absolute Gasteiger partial charge is 0.174 e. The van der Waals surface area contributed by atoms with Crippen LogP contribution in [0.5, 0.6) is 11.5 Å². The van der Waals surface area contributed by atoms with Crippen molar-refractivity contribution in [1.29, 1.82) is 0 Å². The predicted molar refractivity (Wildman–Crippen MR) is 122 cm³/mol. The minimum atomic E-state index is -2.15. The third kappa shape index (κ3) is 5.62. The Hall–Kier alpha value is -2.77. The maximum absolute atomic E-state index is 12.0. The quantitative estimate of drug-likeness (QED) is 0.554. The van der Waals surface area contributed by atoms with Gasteiger partial charge in [-0.1, -0.05) is 36.5 Å². The minimum Gasteiger partial charge on any atom is -0.503 e. The number of aromatic hydroxyl groups is 1. The van der Waals surface area contributed by atoms with Gasteiger partial charge in [0.25, 0.3) is 0 Å². The normalized spacial score (nSPS) is 11.1. The molecule has 1 heterocycles. The Labute approximate surface area is 176 Å². The molecule has 2 aromatic carbocycles. The molecule has 0 fully saturated rings. The third-order valence-corrected chi connectivity index (χ3v) is 5.28. The van der Waals surface area contributed by atoms with Gasteiger partial charge in [-0.3, -0.25) is 4.21 Å². The number of nitrogens with one attached hydrogen (secondary N) is 1. The SMILES string of the molecule is COc1ccc(-c2ccc(NCc3oc(C=S(C)(C)=O)cc(=S)c3O)cc2)cc1. The highest BCUT2D eigenvalue weighted by atomic mass is 32.2. The van der Waals surface area contributed by atoms with Crippen molar-refractivity contribution in [2.45, 2.75) is 6.54 Å². The maximum Gasteiger partial charge on any atom is 0.174 e. The van der Waals surface area contributed by atoms with Crippen LogP contribution in [0, 0.1) is 4.51 Å². The van der Waals surface area contributed by atoms with Crippen LogP contribution in [0.2, 0.25) is 0 Å². The first kappa shape index (κ1) is 21.0. The third-order valence-electron chi connectivity index (χ3n) is 4.17. The highest BCUT2D eigenvalue weighted by Gasteiger charge is 2.09. The summed E-state index contributed by atoms with van der Waals surface area (Å²) in [7, 11) is -0.507. The Balaban J connectivity index is 1.76. The first-order valence-electron chi connectivity index (χ1n) is 8.88. The van der Waals surface area contributed by atoms with E-state index in [1.807, 2.05) is 48.5 Å². The van der Waals surface area contributed by atoms with Crippen molar-refractivity contribution in [2.24, 2.45) is 0 Å². The lowest BCUT2D eigenvalue weighted by molar-refractivity contribution is 0.404. The molecule has 2 N–H and O–H groups in total. The van der Waals surface area contributed by atoms with E-state index in [-0.39, 0.29) is 16.8 Å². The molecule has 0 aliphatic carbocycles. The van der Waals surface area contributed by atoms with Crippen LogP contribution in [0.25, 0.3) is 11.1 Å². The number of rotatable bonds is 6. The van der Waals surface area contributed by atoms with Gasteiger partial charge in [-0.2, -0.15) is 0 Å². The van der Waals surface area contributed by atoms with Crippen LogP contribution < -0.4 is 10.1 Å². The van der Waals surface area contributed by atoms with Gasteiger partial charge < -0.3 is 19.6 Å². The van der Waals surface area contributed by atoms with Gasteiger partial charge in [0.2, 0.25) is 0 Å². The molecular formula is C22H23NO4S2. The molecule has 0 atom stereocenters. The van der Waals surface area contributed by atoms with Gasteiger partial charge in [-0.05, 0) is 44.9 Å². The van der Waals surface area contributed by atoms with E-state index in [0.717, 1.165) is 22.6 Å². The van der Waals surface area contributed by atoms with Gasteiger partial charge in [0.05, 0.1) is 18.2 Å². The second kappa shape index (κ2) is 8.71. The Morgan fingerprint density at radius 1 is 1.10 bits per heavy atom. The van der Waals surface area contributed by atoms with Gasteiger partial charge in [-0.15, -0.1) is 0 Å². The summed E-state index contributed by atoms with van der Waals surface area (Å²) in [6, 6.07) is 17.3.